The molecule has 0 saturated carbocycles. The first-order chi connectivity index (χ1) is 14.1. The van der Waals surface area contributed by atoms with E-state index in [1.807, 2.05) is 24.3 Å². The minimum absolute atomic E-state index is 0.200. The molecule has 7 heteroatoms. The summed E-state index contributed by atoms with van der Waals surface area (Å²) in [5.74, 6) is 0.539. The predicted octanol–water partition coefficient (Wildman–Crippen LogP) is 3.30. The molecule has 1 N–H and O–H groups in total. The monoisotopic (exact) mass is 398 g/mol. The van der Waals surface area contributed by atoms with Crippen LogP contribution in [0.2, 0.25) is 0 Å². The summed E-state index contributed by atoms with van der Waals surface area (Å²) >= 11 is 0. The van der Waals surface area contributed by atoms with Crippen LogP contribution in [0.4, 0.5) is 11.4 Å². The number of hydrogen-bond acceptors (Lipinski definition) is 6. The molecule has 2 heterocycles. The fraction of sp³-hybridized carbons (Fsp3) is 0.409. The van der Waals surface area contributed by atoms with Gasteiger partial charge < -0.3 is 29.2 Å². The summed E-state index contributed by atoms with van der Waals surface area (Å²) in [6.45, 7) is 3.15. The van der Waals surface area contributed by atoms with Gasteiger partial charge in [-0.2, -0.15) is 0 Å². The van der Waals surface area contributed by atoms with Crippen LogP contribution < -0.4 is 19.7 Å². The average Bonchev–Trinajstić information content (AvgIpc) is 3.22. The van der Waals surface area contributed by atoms with Crippen molar-refractivity contribution in [3.63, 3.8) is 0 Å². The lowest BCUT2D eigenvalue weighted by Crippen LogP contribution is -2.45. The maximum absolute atomic E-state index is 12.6. The van der Waals surface area contributed by atoms with Crippen LogP contribution >= 0.6 is 0 Å². The number of carbonyl (C=O) groups excluding carboxylic acids is 1. The smallest absolute Gasteiger partial charge is 0.255 e. The Balaban J connectivity index is 1.38. The fourth-order valence-electron chi connectivity index (χ4n) is 3.83. The third-order valence-electron chi connectivity index (χ3n) is 5.47. The highest BCUT2D eigenvalue weighted by Gasteiger charge is 2.39. The summed E-state index contributed by atoms with van der Waals surface area (Å²) in [5, 5.41) is 2.92. The van der Waals surface area contributed by atoms with Gasteiger partial charge in [-0.15, -0.1) is 0 Å². The first-order valence-corrected chi connectivity index (χ1v) is 9.79. The Morgan fingerprint density at radius 1 is 0.966 bits per heavy atom. The fourth-order valence-corrected chi connectivity index (χ4v) is 3.83. The minimum atomic E-state index is -0.371. The van der Waals surface area contributed by atoms with Crippen LogP contribution in [0.5, 0.6) is 11.5 Å². The van der Waals surface area contributed by atoms with Crippen LogP contribution in [0.25, 0.3) is 0 Å². The molecule has 2 fully saturated rings. The first-order valence-electron chi connectivity index (χ1n) is 9.79. The van der Waals surface area contributed by atoms with Gasteiger partial charge >= 0.3 is 0 Å². The normalized spacial score (nSPS) is 17.9. The standard InChI is InChI=1S/C22H26N2O5/c1-26-19-8-3-16(15-20(19)27-2)21(25)23-17-4-6-18(7-5-17)24-11-9-22(10-12-24)28-13-14-29-22/h3-8,15H,9-14H2,1-2H3,(H,23,25). The van der Waals surface area contributed by atoms with Gasteiger partial charge in [-0.1, -0.05) is 0 Å². The largest absolute Gasteiger partial charge is 0.493 e. The molecule has 1 amide bonds. The summed E-state index contributed by atoms with van der Waals surface area (Å²) in [4.78, 5) is 14.9. The van der Waals surface area contributed by atoms with Gasteiger partial charge in [-0.05, 0) is 42.5 Å². The molecule has 0 unspecified atom stereocenters. The molecular weight excluding hydrogens is 372 g/mol. The highest BCUT2D eigenvalue weighted by atomic mass is 16.7. The van der Waals surface area contributed by atoms with Crippen molar-refractivity contribution in [1.29, 1.82) is 0 Å². The molecule has 4 rings (SSSR count). The number of carbonyl (C=O) groups is 1. The van der Waals surface area contributed by atoms with E-state index in [0.29, 0.717) is 30.3 Å². The second-order valence-electron chi connectivity index (χ2n) is 7.17. The zero-order valence-electron chi connectivity index (χ0n) is 16.8. The molecule has 2 saturated heterocycles. The van der Waals surface area contributed by atoms with Gasteiger partial charge in [0.25, 0.3) is 5.91 Å². The van der Waals surface area contributed by atoms with Crippen molar-refractivity contribution in [3.05, 3.63) is 48.0 Å². The van der Waals surface area contributed by atoms with Crippen LogP contribution in [0.15, 0.2) is 42.5 Å². The molecule has 0 bridgehead atoms. The van der Waals surface area contributed by atoms with Crippen molar-refractivity contribution in [1.82, 2.24) is 0 Å². The Morgan fingerprint density at radius 3 is 2.24 bits per heavy atom. The van der Waals surface area contributed by atoms with E-state index in [1.165, 1.54) is 0 Å². The van der Waals surface area contributed by atoms with Crippen LogP contribution in [-0.4, -0.2) is 52.2 Å². The van der Waals surface area contributed by atoms with E-state index in [9.17, 15) is 4.79 Å². The van der Waals surface area contributed by atoms with Crippen molar-refractivity contribution in [3.8, 4) is 11.5 Å². The number of anilines is 2. The number of methoxy groups -OCH3 is 2. The molecule has 2 aliphatic rings. The van der Waals surface area contributed by atoms with E-state index < -0.39 is 0 Å². The number of ether oxygens (including phenoxy) is 4. The Labute approximate surface area is 170 Å². The van der Waals surface area contributed by atoms with Gasteiger partial charge in [0.1, 0.15) is 0 Å². The molecule has 2 aliphatic heterocycles. The molecule has 2 aromatic carbocycles. The van der Waals surface area contributed by atoms with E-state index in [-0.39, 0.29) is 11.7 Å². The second kappa shape index (κ2) is 8.31. The highest BCUT2D eigenvalue weighted by molar-refractivity contribution is 6.04. The summed E-state index contributed by atoms with van der Waals surface area (Å²) in [5.41, 5.74) is 2.37. The van der Waals surface area contributed by atoms with Gasteiger partial charge in [-0.3, -0.25) is 4.79 Å². The van der Waals surface area contributed by atoms with Gasteiger partial charge in [0.05, 0.1) is 27.4 Å². The Bertz CT molecular complexity index is 852. The summed E-state index contributed by atoms with van der Waals surface area (Å²) in [7, 11) is 3.11. The summed E-state index contributed by atoms with van der Waals surface area (Å²) < 4.78 is 22.1. The van der Waals surface area contributed by atoms with Crippen LogP contribution in [0.1, 0.15) is 23.2 Å². The molecule has 2 aromatic rings. The number of nitrogens with one attached hydrogen (secondary N) is 1. The summed E-state index contributed by atoms with van der Waals surface area (Å²) in [6.07, 6.45) is 1.73. The predicted molar refractivity (Wildman–Crippen MR) is 110 cm³/mol. The molecule has 1 spiro atoms. The SMILES string of the molecule is COc1ccc(C(=O)Nc2ccc(N3CCC4(CC3)OCCO4)cc2)cc1OC. The van der Waals surface area contributed by atoms with Crippen molar-refractivity contribution in [2.45, 2.75) is 18.6 Å². The molecule has 154 valence electrons. The number of nitrogens with zero attached hydrogens (tertiary/aromatic N) is 1. The minimum Gasteiger partial charge on any atom is -0.493 e. The molecule has 0 radical (unpaired) electrons. The zero-order valence-corrected chi connectivity index (χ0v) is 16.8. The maximum atomic E-state index is 12.6. The Morgan fingerprint density at radius 2 is 1.62 bits per heavy atom. The van der Waals surface area contributed by atoms with E-state index in [1.54, 1.807) is 32.4 Å². The molecule has 0 atom stereocenters. The Hall–Kier alpha value is -2.77. The lowest BCUT2D eigenvalue weighted by Gasteiger charge is -2.38. The second-order valence-corrected chi connectivity index (χ2v) is 7.17. The Kier molecular flexibility index (Phi) is 5.60. The van der Waals surface area contributed by atoms with Crippen molar-refractivity contribution in [2.24, 2.45) is 0 Å². The van der Waals surface area contributed by atoms with E-state index in [4.69, 9.17) is 18.9 Å². The van der Waals surface area contributed by atoms with Crippen LogP contribution in [-0.2, 0) is 9.47 Å². The number of rotatable bonds is 5. The van der Waals surface area contributed by atoms with E-state index >= 15 is 0 Å². The molecule has 7 nitrogen and oxygen atoms in total. The van der Waals surface area contributed by atoms with Crippen molar-refractivity contribution in [2.75, 3.05) is 50.7 Å². The maximum Gasteiger partial charge on any atom is 0.255 e. The summed E-state index contributed by atoms with van der Waals surface area (Å²) in [6, 6.07) is 13.0. The van der Waals surface area contributed by atoms with Gasteiger partial charge in [0, 0.05) is 42.9 Å². The number of piperidine rings is 1. The van der Waals surface area contributed by atoms with Crippen LogP contribution in [0.3, 0.4) is 0 Å². The molecule has 29 heavy (non-hydrogen) atoms. The number of hydrogen-bond donors (Lipinski definition) is 1. The van der Waals surface area contributed by atoms with Gasteiger partial charge in [0.2, 0.25) is 0 Å². The van der Waals surface area contributed by atoms with Crippen LogP contribution in [0, 0.1) is 0 Å². The number of benzene rings is 2. The van der Waals surface area contributed by atoms with E-state index in [0.717, 1.165) is 37.3 Å². The van der Waals surface area contributed by atoms with Crippen molar-refractivity contribution < 1.29 is 23.7 Å². The molecule has 0 aliphatic carbocycles. The average molecular weight is 398 g/mol. The third kappa shape index (κ3) is 4.16. The molecule has 0 aromatic heterocycles. The first kappa shape index (κ1) is 19.5. The van der Waals surface area contributed by atoms with Gasteiger partial charge in [-0.25, -0.2) is 0 Å². The lowest BCUT2D eigenvalue weighted by molar-refractivity contribution is -0.169. The number of amides is 1. The highest BCUT2D eigenvalue weighted by Crippen LogP contribution is 2.33. The molecular formula is C22H26N2O5. The van der Waals surface area contributed by atoms with E-state index in [2.05, 4.69) is 10.2 Å². The third-order valence-corrected chi connectivity index (χ3v) is 5.47. The zero-order chi connectivity index (χ0) is 20.3. The quantitative estimate of drug-likeness (QED) is 0.834. The van der Waals surface area contributed by atoms with Gasteiger partial charge in [0.15, 0.2) is 17.3 Å². The lowest BCUT2D eigenvalue weighted by atomic mass is 10.0. The topological polar surface area (TPSA) is 69.3 Å². The van der Waals surface area contributed by atoms with Crippen molar-refractivity contribution >= 4 is 17.3 Å².